The Kier molecular flexibility index (Phi) is 11.4. The van der Waals surface area contributed by atoms with Crippen molar-refractivity contribution in [3.63, 3.8) is 0 Å². The van der Waals surface area contributed by atoms with Gasteiger partial charge < -0.3 is 9.13 Å². The van der Waals surface area contributed by atoms with Gasteiger partial charge in [-0.25, -0.2) is 0 Å². The molecule has 0 N–H and O–H groups in total. The minimum atomic E-state index is -0.0236. The zero-order chi connectivity index (χ0) is 54.6. The van der Waals surface area contributed by atoms with Crippen LogP contribution in [0.2, 0.25) is 0 Å². The van der Waals surface area contributed by atoms with Crippen LogP contribution >= 0.6 is 15.9 Å². The molecule has 0 fully saturated rings. The number of hydrogen-bond acceptors (Lipinski definition) is 0. The fourth-order valence-corrected chi connectivity index (χ4v) is 13.8. The van der Waals surface area contributed by atoms with Gasteiger partial charge in [0.25, 0.3) is 0 Å². The van der Waals surface area contributed by atoms with Gasteiger partial charge in [-0.15, -0.1) is 0 Å². The lowest BCUT2D eigenvalue weighted by atomic mass is 9.81. The van der Waals surface area contributed by atoms with Gasteiger partial charge in [0.15, 0.2) is 0 Å². The third kappa shape index (κ3) is 7.97. The van der Waals surface area contributed by atoms with Crippen LogP contribution in [-0.4, -0.2) is 9.13 Å². The molecule has 0 spiro atoms. The molecule has 12 aromatic carbocycles. The summed E-state index contributed by atoms with van der Waals surface area (Å²) < 4.78 is 5.93. The van der Waals surface area contributed by atoms with Crippen LogP contribution in [0.4, 0.5) is 0 Å². The van der Waals surface area contributed by atoms with E-state index < -0.39 is 0 Å². The summed E-state index contributed by atoms with van der Waals surface area (Å²) in [5.74, 6) is 0. The van der Waals surface area contributed by atoms with Gasteiger partial charge in [-0.1, -0.05) is 232 Å². The molecule has 0 unspecified atom stereocenters. The van der Waals surface area contributed by atoms with Crippen LogP contribution in [0.5, 0.6) is 0 Å². The van der Waals surface area contributed by atoms with Gasteiger partial charge in [0.1, 0.15) is 0 Å². The van der Waals surface area contributed by atoms with Gasteiger partial charge in [-0.3, -0.25) is 0 Å². The van der Waals surface area contributed by atoms with Crippen LogP contribution in [0.1, 0.15) is 49.9 Å². The summed E-state index contributed by atoms with van der Waals surface area (Å²) in [7, 11) is 0. The van der Waals surface area contributed by atoms with E-state index in [1.807, 2.05) is 0 Å². The molecule has 0 radical (unpaired) electrons. The van der Waals surface area contributed by atoms with Gasteiger partial charge in [0.2, 0.25) is 0 Å². The maximum Gasteiger partial charge on any atom is 0.0541 e. The molecule has 81 heavy (non-hydrogen) atoms. The molecule has 3 heteroatoms. The van der Waals surface area contributed by atoms with Crippen molar-refractivity contribution in [2.45, 2.75) is 38.5 Å². The predicted octanol–water partition coefficient (Wildman–Crippen LogP) is 21.6. The van der Waals surface area contributed by atoms with Crippen LogP contribution in [-0.2, 0) is 10.8 Å². The Balaban J connectivity index is 0.000000214. The number of halogens is 1. The fraction of sp³-hybridized carbons (Fsp3) is 0.0769. The second kappa shape index (κ2) is 18.9. The minimum absolute atomic E-state index is 0.0236. The number of nitrogens with zero attached hydrogens (tertiary/aromatic N) is 2. The monoisotopic (exact) mass is 1100 g/mol. The molecule has 0 amide bonds. The summed E-state index contributed by atoms with van der Waals surface area (Å²) in [6.07, 6.45) is 0. The van der Waals surface area contributed by atoms with E-state index in [9.17, 15) is 0 Å². The fourth-order valence-electron chi connectivity index (χ4n) is 13.5. The Morgan fingerprint density at radius 3 is 1.04 bits per heavy atom. The number of benzene rings is 12. The molecule has 2 aliphatic carbocycles. The van der Waals surface area contributed by atoms with Crippen molar-refractivity contribution in [3.8, 4) is 78.1 Å². The van der Waals surface area contributed by atoms with Crippen LogP contribution in [0, 0.1) is 0 Å². The molecular formula is C78H57BrN2. The van der Waals surface area contributed by atoms with Crippen molar-refractivity contribution in [2.75, 3.05) is 0 Å². The van der Waals surface area contributed by atoms with E-state index in [1.54, 1.807) is 0 Å². The third-order valence-corrected chi connectivity index (χ3v) is 18.2. The highest BCUT2D eigenvalue weighted by Gasteiger charge is 2.36. The van der Waals surface area contributed by atoms with E-state index in [0.717, 1.165) is 15.8 Å². The SMILES string of the molecule is CC1(C)c2ccccc2-c2ccc(-c3ccc(-n4c5ccccc5c5cc(-c6ccc7c(c6)c6ccccc6n7-c6ccc(-c7ccccc7)cc6)ccc54)cc3)cc21.CC1(C)c2ccccc2-c2ccc(-c3ccc(Br)cc3)cc21. The van der Waals surface area contributed by atoms with Crippen molar-refractivity contribution in [2.24, 2.45) is 0 Å². The van der Waals surface area contributed by atoms with Crippen molar-refractivity contribution < 1.29 is 0 Å². The maximum atomic E-state index is 3.51. The zero-order valence-corrected chi connectivity index (χ0v) is 47.3. The van der Waals surface area contributed by atoms with E-state index >= 15 is 0 Å². The molecule has 2 heterocycles. The second-order valence-electron chi connectivity index (χ2n) is 23.0. The van der Waals surface area contributed by atoms with E-state index in [0.29, 0.717) is 0 Å². The van der Waals surface area contributed by atoms with Gasteiger partial charge in [0.05, 0.1) is 22.1 Å². The lowest BCUT2D eigenvalue weighted by Gasteiger charge is -2.22. The Bertz CT molecular complexity index is 4780. The standard InChI is InChI=1S/C57H40N2.C21H17Br/c1-57(2)51-17-9-6-14-45(51)46-31-24-42(36-52(46)57)39-22-29-44(30-23-39)59-54-19-11-8-16-48(54)50-35-41(26-33-56(50)59)40-25-32-55-49(34-40)47-15-7-10-18-53(47)58(55)43-27-20-38(21-28-43)37-12-4-3-5-13-37;1-21(2)19-6-4-3-5-17(19)18-12-9-15(13-20(18)21)14-7-10-16(22)11-8-14/h3-36H,1-2H3;3-13H,1-2H3. The topological polar surface area (TPSA) is 9.86 Å². The highest BCUT2D eigenvalue weighted by Crippen LogP contribution is 2.51. The van der Waals surface area contributed by atoms with Crippen molar-refractivity contribution >= 4 is 59.5 Å². The average Bonchev–Trinajstić information content (AvgIpc) is 4.35. The van der Waals surface area contributed by atoms with Crippen LogP contribution in [0.25, 0.3) is 122 Å². The Morgan fingerprint density at radius 2 is 0.568 bits per heavy atom. The third-order valence-electron chi connectivity index (χ3n) is 17.7. The quantitative estimate of drug-likeness (QED) is 0.157. The van der Waals surface area contributed by atoms with E-state index in [-0.39, 0.29) is 10.8 Å². The predicted molar refractivity (Wildman–Crippen MR) is 346 cm³/mol. The molecule has 2 aliphatic rings. The number of hydrogen-bond donors (Lipinski definition) is 0. The molecule has 2 aromatic heterocycles. The molecule has 2 nitrogen and oxygen atoms in total. The largest absolute Gasteiger partial charge is 0.309 e. The molecule has 386 valence electrons. The first-order chi connectivity index (χ1) is 39.6. The summed E-state index contributed by atoms with van der Waals surface area (Å²) in [6, 6.07) is 100. The highest BCUT2D eigenvalue weighted by molar-refractivity contribution is 9.10. The maximum absolute atomic E-state index is 3.51. The molecule has 0 aliphatic heterocycles. The first kappa shape index (κ1) is 48.8. The number of fused-ring (bicyclic) bond motifs is 12. The van der Waals surface area contributed by atoms with Crippen LogP contribution < -0.4 is 0 Å². The first-order valence-corrected chi connectivity index (χ1v) is 29.0. The Hall–Kier alpha value is -9.28. The van der Waals surface area contributed by atoms with E-state index in [1.165, 1.54) is 133 Å². The Morgan fingerprint density at radius 1 is 0.247 bits per heavy atom. The van der Waals surface area contributed by atoms with E-state index in [4.69, 9.17) is 0 Å². The molecule has 0 saturated carbocycles. The zero-order valence-electron chi connectivity index (χ0n) is 45.8. The van der Waals surface area contributed by atoms with Crippen molar-refractivity contribution in [1.82, 2.24) is 9.13 Å². The average molecular weight is 1100 g/mol. The summed E-state index contributed by atoms with van der Waals surface area (Å²) in [6.45, 7) is 9.34. The lowest BCUT2D eigenvalue weighted by molar-refractivity contribution is 0.660. The van der Waals surface area contributed by atoms with Crippen molar-refractivity contribution in [3.05, 3.63) is 300 Å². The van der Waals surface area contributed by atoms with E-state index in [2.05, 4.69) is 326 Å². The Labute approximate surface area is 482 Å². The molecular weight excluding hydrogens is 1040 g/mol. The number of para-hydroxylation sites is 2. The van der Waals surface area contributed by atoms with Gasteiger partial charge in [0, 0.05) is 48.2 Å². The molecule has 14 aromatic rings. The molecule has 0 bridgehead atoms. The minimum Gasteiger partial charge on any atom is -0.309 e. The number of aromatic nitrogens is 2. The molecule has 0 atom stereocenters. The van der Waals surface area contributed by atoms with Crippen LogP contribution in [0.3, 0.4) is 0 Å². The van der Waals surface area contributed by atoms with Crippen molar-refractivity contribution in [1.29, 1.82) is 0 Å². The first-order valence-electron chi connectivity index (χ1n) is 28.2. The summed E-state index contributed by atoms with van der Waals surface area (Å²) in [5.41, 5.74) is 28.2. The van der Waals surface area contributed by atoms with Crippen LogP contribution in [0.15, 0.2) is 277 Å². The van der Waals surface area contributed by atoms with Gasteiger partial charge >= 0.3 is 0 Å². The summed E-state index contributed by atoms with van der Waals surface area (Å²) >= 11 is 3.51. The van der Waals surface area contributed by atoms with Gasteiger partial charge in [-0.2, -0.15) is 0 Å². The lowest BCUT2D eigenvalue weighted by Crippen LogP contribution is -2.14. The molecule has 16 rings (SSSR count). The number of rotatable bonds is 6. The summed E-state index contributed by atoms with van der Waals surface area (Å²) in [4.78, 5) is 0. The second-order valence-corrected chi connectivity index (χ2v) is 23.9. The van der Waals surface area contributed by atoms with Gasteiger partial charge in [-0.05, 0) is 174 Å². The smallest absolute Gasteiger partial charge is 0.0541 e. The summed E-state index contributed by atoms with van der Waals surface area (Å²) in [5, 5.41) is 5.02. The molecule has 0 saturated heterocycles. The normalized spacial score (nSPS) is 13.4. The highest BCUT2D eigenvalue weighted by atomic mass is 79.9.